The highest BCUT2D eigenvalue weighted by atomic mass is 79.9. The topological polar surface area (TPSA) is 82.8 Å². The van der Waals surface area contributed by atoms with Crippen LogP contribution < -0.4 is 10.1 Å². The van der Waals surface area contributed by atoms with Crippen LogP contribution in [0.2, 0.25) is 0 Å². The molecule has 9 nitrogen and oxygen atoms in total. The summed E-state index contributed by atoms with van der Waals surface area (Å²) in [6.07, 6.45) is 2.30. The highest BCUT2D eigenvalue weighted by molar-refractivity contribution is 9.08. The number of carbonyl (C=O) groups is 1. The third-order valence-corrected chi connectivity index (χ3v) is 9.98. The Morgan fingerprint density at radius 1 is 0.980 bits per heavy atom. The number of esters is 1. The van der Waals surface area contributed by atoms with Gasteiger partial charge in [0.15, 0.2) is 0 Å². The van der Waals surface area contributed by atoms with E-state index in [4.69, 9.17) is 19.3 Å². The number of rotatable bonds is 16. The molecule has 0 amide bonds. The van der Waals surface area contributed by atoms with Crippen LogP contribution in [0.1, 0.15) is 47.2 Å². The van der Waals surface area contributed by atoms with Gasteiger partial charge in [-0.2, -0.15) is 5.10 Å². The largest absolute Gasteiger partial charge is 0.493 e. The van der Waals surface area contributed by atoms with Crippen molar-refractivity contribution in [1.29, 1.82) is 0 Å². The smallest absolute Gasteiger partial charge is 0.355 e. The van der Waals surface area contributed by atoms with Gasteiger partial charge >= 0.3 is 5.97 Å². The van der Waals surface area contributed by atoms with E-state index in [1.54, 1.807) is 0 Å². The van der Waals surface area contributed by atoms with E-state index in [1.807, 2.05) is 38.2 Å². The van der Waals surface area contributed by atoms with Crippen LogP contribution in [-0.4, -0.2) is 84.9 Å². The third kappa shape index (κ3) is 8.21. The number of benzene rings is 3. The second-order valence-corrected chi connectivity index (χ2v) is 13.1. The summed E-state index contributed by atoms with van der Waals surface area (Å²) in [5.74, 6) is 0.599. The molecule has 5 aromatic rings. The average molecular weight is 767 g/mol. The van der Waals surface area contributed by atoms with E-state index in [2.05, 4.69) is 78.7 Å². The standard InChI is InChI=1S/C39H48BrN5O4.ClH/c1-4-48-39(46)38-32(16-9-24-49-35-17-7-12-29-11-5-6-13-30(29)35)31-14-8-15-33(37(31)44(38)19-10-18-41-3)36-28(2)45(42-34(36)27-40)21-20-43-22-25-47-26-23-43;/h5-8,11-15,17,41H,4,9-10,16,18-27H2,1-3H3;1H. The molecule has 1 aliphatic heterocycles. The van der Waals surface area contributed by atoms with Crippen LogP contribution in [0.5, 0.6) is 5.75 Å². The summed E-state index contributed by atoms with van der Waals surface area (Å²) >= 11 is 3.75. The lowest BCUT2D eigenvalue weighted by Gasteiger charge is -2.26. The van der Waals surface area contributed by atoms with Crippen molar-refractivity contribution in [2.24, 2.45) is 0 Å². The molecule has 0 atom stereocenters. The second-order valence-electron chi connectivity index (χ2n) is 12.5. The van der Waals surface area contributed by atoms with Crippen LogP contribution in [0.4, 0.5) is 0 Å². The van der Waals surface area contributed by atoms with Crippen LogP contribution in [0.3, 0.4) is 0 Å². The van der Waals surface area contributed by atoms with Gasteiger partial charge in [0.1, 0.15) is 11.4 Å². The highest BCUT2D eigenvalue weighted by Gasteiger charge is 2.28. The molecule has 3 aromatic carbocycles. The van der Waals surface area contributed by atoms with Gasteiger partial charge in [0.05, 0.1) is 44.2 Å². The Kier molecular flexibility index (Phi) is 13.8. The Hall–Kier alpha value is -3.41. The first-order valence-electron chi connectivity index (χ1n) is 17.5. The normalized spacial score (nSPS) is 13.5. The Morgan fingerprint density at radius 2 is 1.74 bits per heavy atom. The Bertz CT molecular complexity index is 1880. The van der Waals surface area contributed by atoms with Crippen molar-refractivity contribution < 1.29 is 19.0 Å². The van der Waals surface area contributed by atoms with Crippen LogP contribution in [-0.2, 0) is 34.3 Å². The van der Waals surface area contributed by atoms with Gasteiger partial charge in [-0.3, -0.25) is 9.58 Å². The molecular weight excluding hydrogens is 718 g/mol. The van der Waals surface area contributed by atoms with Gasteiger partial charge in [-0.15, -0.1) is 12.4 Å². The van der Waals surface area contributed by atoms with E-state index in [1.165, 1.54) is 0 Å². The molecule has 0 spiro atoms. The van der Waals surface area contributed by atoms with Crippen molar-refractivity contribution in [3.63, 3.8) is 0 Å². The molecule has 11 heteroatoms. The maximum absolute atomic E-state index is 13.8. The predicted octanol–water partition coefficient (Wildman–Crippen LogP) is 7.41. The molecule has 1 N–H and O–H groups in total. The van der Waals surface area contributed by atoms with Crippen molar-refractivity contribution in [1.82, 2.24) is 24.6 Å². The number of carbonyl (C=O) groups excluding carboxylic acids is 1. The minimum absolute atomic E-state index is 0. The van der Waals surface area contributed by atoms with E-state index in [0.29, 0.717) is 37.2 Å². The summed E-state index contributed by atoms with van der Waals surface area (Å²) in [5.41, 5.74) is 7.05. The molecule has 0 saturated carbocycles. The number of halogens is 2. The van der Waals surface area contributed by atoms with Crippen LogP contribution in [0.25, 0.3) is 32.8 Å². The van der Waals surface area contributed by atoms with E-state index < -0.39 is 0 Å². The van der Waals surface area contributed by atoms with Crippen LogP contribution in [0.15, 0.2) is 60.7 Å². The molecule has 2 aromatic heterocycles. The summed E-state index contributed by atoms with van der Waals surface area (Å²) in [6.45, 7) is 11.6. The number of morpholine rings is 1. The Balaban J connectivity index is 0.00000486. The van der Waals surface area contributed by atoms with Crippen molar-refractivity contribution in [2.75, 3.05) is 59.7 Å². The van der Waals surface area contributed by atoms with Gasteiger partial charge in [-0.1, -0.05) is 70.5 Å². The summed E-state index contributed by atoms with van der Waals surface area (Å²) in [4.78, 5) is 16.3. The molecule has 0 aliphatic carbocycles. The first kappa shape index (κ1) is 37.8. The van der Waals surface area contributed by atoms with Crippen molar-refractivity contribution in [3.05, 3.63) is 83.3 Å². The Morgan fingerprint density at radius 3 is 2.52 bits per heavy atom. The second kappa shape index (κ2) is 18.2. The van der Waals surface area contributed by atoms with E-state index in [-0.39, 0.29) is 18.4 Å². The molecular formula is C39H49BrClN5O4. The minimum Gasteiger partial charge on any atom is -0.493 e. The number of nitrogens with one attached hydrogen (secondary N) is 1. The number of hydrogen-bond acceptors (Lipinski definition) is 7. The number of alkyl halides is 1. The van der Waals surface area contributed by atoms with Crippen LogP contribution in [0, 0.1) is 6.92 Å². The van der Waals surface area contributed by atoms with E-state index in [0.717, 1.165) is 114 Å². The molecule has 50 heavy (non-hydrogen) atoms. The first-order chi connectivity index (χ1) is 24.0. The fourth-order valence-corrected chi connectivity index (χ4v) is 7.48. The summed E-state index contributed by atoms with van der Waals surface area (Å²) in [6, 6.07) is 20.9. The zero-order valence-electron chi connectivity index (χ0n) is 29.4. The third-order valence-electron chi connectivity index (χ3n) is 9.45. The van der Waals surface area contributed by atoms with Gasteiger partial charge < -0.3 is 24.1 Å². The molecule has 1 aliphatic rings. The number of aromatic nitrogens is 3. The summed E-state index contributed by atoms with van der Waals surface area (Å²) in [5, 5.41) is 12.3. The molecule has 268 valence electrons. The monoisotopic (exact) mass is 765 g/mol. The van der Waals surface area contributed by atoms with Gasteiger partial charge in [0, 0.05) is 59.1 Å². The fraction of sp³-hybridized carbons (Fsp3) is 0.436. The quantitative estimate of drug-likeness (QED) is 0.0637. The summed E-state index contributed by atoms with van der Waals surface area (Å²) in [7, 11) is 1.96. The first-order valence-corrected chi connectivity index (χ1v) is 18.7. The van der Waals surface area contributed by atoms with Crippen molar-refractivity contribution in [2.45, 2.75) is 51.5 Å². The van der Waals surface area contributed by atoms with E-state index >= 15 is 0 Å². The Labute approximate surface area is 309 Å². The molecule has 1 saturated heterocycles. The number of ether oxygens (including phenoxy) is 3. The summed E-state index contributed by atoms with van der Waals surface area (Å²) < 4.78 is 22.0. The predicted molar refractivity (Wildman–Crippen MR) is 207 cm³/mol. The lowest BCUT2D eigenvalue weighted by atomic mass is 9.98. The molecule has 3 heterocycles. The average Bonchev–Trinajstić information content (AvgIpc) is 3.63. The zero-order chi connectivity index (χ0) is 34.2. The van der Waals surface area contributed by atoms with Gasteiger partial charge in [0.2, 0.25) is 0 Å². The maximum atomic E-state index is 13.8. The van der Waals surface area contributed by atoms with Crippen molar-refractivity contribution in [3.8, 4) is 16.9 Å². The van der Waals surface area contributed by atoms with Gasteiger partial charge in [-0.05, 0) is 63.7 Å². The van der Waals surface area contributed by atoms with Crippen molar-refractivity contribution >= 4 is 56.0 Å². The maximum Gasteiger partial charge on any atom is 0.355 e. The molecule has 0 radical (unpaired) electrons. The number of aryl methyl sites for hydroxylation is 2. The zero-order valence-corrected chi connectivity index (χ0v) is 31.8. The van der Waals surface area contributed by atoms with Gasteiger partial charge in [0.25, 0.3) is 0 Å². The number of nitrogens with zero attached hydrogens (tertiary/aromatic N) is 4. The SMILES string of the molecule is CCOC(=O)c1c(CCCOc2cccc3ccccc23)c2cccc(-c3c(CBr)nn(CCN4CCOCC4)c3C)c2n1CCCNC.Cl. The van der Waals surface area contributed by atoms with Crippen LogP contribution >= 0.6 is 28.3 Å². The fourth-order valence-electron chi connectivity index (χ4n) is 7.09. The number of para-hydroxylation sites is 1. The number of fused-ring (bicyclic) bond motifs is 2. The lowest BCUT2D eigenvalue weighted by molar-refractivity contribution is 0.0359. The highest BCUT2D eigenvalue weighted by Crippen LogP contribution is 2.39. The molecule has 6 rings (SSSR count). The number of hydrogen-bond donors (Lipinski definition) is 1. The minimum atomic E-state index is -0.280. The van der Waals surface area contributed by atoms with Gasteiger partial charge in [-0.25, -0.2) is 4.79 Å². The molecule has 0 bridgehead atoms. The molecule has 1 fully saturated rings. The lowest BCUT2D eigenvalue weighted by Crippen LogP contribution is -2.38. The molecule has 0 unspecified atom stereocenters. The van der Waals surface area contributed by atoms with E-state index in [9.17, 15) is 4.79 Å².